The number of halogens is 1. The van der Waals surface area contributed by atoms with E-state index in [1.165, 1.54) is 0 Å². The summed E-state index contributed by atoms with van der Waals surface area (Å²) in [6.07, 6.45) is 0.903. The Morgan fingerprint density at radius 1 is 1.19 bits per heavy atom. The zero-order valence-corrected chi connectivity index (χ0v) is 16.3. The largest absolute Gasteiger partial charge is 0.339 e. The van der Waals surface area contributed by atoms with Gasteiger partial charge in [0, 0.05) is 31.6 Å². The molecule has 1 saturated heterocycles. The summed E-state index contributed by atoms with van der Waals surface area (Å²) in [6.45, 7) is 9.83. The summed E-state index contributed by atoms with van der Waals surface area (Å²) in [5, 5.41) is 4.60. The predicted molar refractivity (Wildman–Crippen MR) is 100 cm³/mol. The average molecular weight is 377 g/mol. The number of hydrogen-bond acceptors (Lipinski definition) is 5. The quantitative estimate of drug-likeness (QED) is 0.821. The van der Waals surface area contributed by atoms with Gasteiger partial charge in [0.05, 0.1) is 17.1 Å². The molecular formula is C19H25ClN4O2. The maximum atomic E-state index is 12.7. The maximum absolute atomic E-state index is 12.7. The second kappa shape index (κ2) is 7.76. The first-order chi connectivity index (χ1) is 12.3. The van der Waals surface area contributed by atoms with Gasteiger partial charge in [-0.1, -0.05) is 49.7 Å². The molecule has 0 saturated carbocycles. The third-order valence-electron chi connectivity index (χ3n) is 4.45. The zero-order chi connectivity index (χ0) is 18.7. The number of amides is 1. The van der Waals surface area contributed by atoms with Crippen LogP contribution in [0.1, 0.15) is 49.3 Å². The lowest BCUT2D eigenvalue weighted by molar-refractivity contribution is 0.0761. The molecule has 0 unspecified atom stereocenters. The normalized spacial score (nSPS) is 16.5. The van der Waals surface area contributed by atoms with Gasteiger partial charge >= 0.3 is 0 Å². The van der Waals surface area contributed by atoms with E-state index in [1.807, 2.05) is 17.0 Å². The summed E-state index contributed by atoms with van der Waals surface area (Å²) in [6, 6.07) is 7.20. The number of benzene rings is 1. The van der Waals surface area contributed by atoms with Crippen LogP contribution >= 0.6 is 11.6 Å². The molecule has 2 heterocycles. The van der Waals surface area contributed by atoms with Crippen molar-refractivity contribution in [1.82, 2.24) is 19.9 Å². The number of rotatable bonds is 3. The van der Waals surface area contributed by atoms with Crippen LogP contribution in [0.15, 0.2) is 28.8 Å². The first kappa shape index (κ1) is 18.9. The Morgan fingerprint density at radius 3 is 2.65 bits per heavy atom. The van der Waals surface area contributed by atoms with E-state index in [1.54, 1.807) is 12.1 Å². The van der Waals surface area contributed by atoms with Crippen molar-refractivity contribution in [3.8, 4) is 0 Å². The van der Waals surface area contributed by atoms with E-state index < -0.39 is 0 Å². The van der Waals surface area contributed by atoms with Crippen LogP contribution in [0.5, 0.6) is 0 Å². The minimum atomic E-state index is -0.151. The Labute approximate surface area is 159 Å². The molecule has 1 aromatic heterocycles. The van der Waals surface area contributed by atoms with Crippen molar-refractivity contribution in [3.63, 3.8) is 0 Å². The Balaban J connectivity index is 1.61. The van der Waals surface area contributed by atoms with Crippen LogP contribution in [-0.4, -0.2) is 52.0 Å². The van der Waals surface area contributed by atoms with Crippen molar-refractivity contribution in [3.05, 3.63) is 46.6 Å². The molecule has 6 nitrogen and oxygen atoms in total. The Bertz CT molecular complexity index is 769. The van der Waals surface area contributed by atoms with Gasteiger partial charge in [-0.2, -0.15) is 4.98 Å². The number of hydrogen-bond donors (Lipinski definition) is 0. The van der Waals surface area contributed by atoms with Crippen molar-refractivity contribution < 1.29 is 9.32 Å². The molecule has 0 radical (unpaired) electrons. The summed E-state index contributed by atoms with van der Waals surface area (Å²) in [5.41, 5.74) is 0.415. The highest BCUT2D eigenvalue weighted by Crippen LogP contribution is 2.21. The zero-order valence-electron chi connectivity index (χ0n) is 15.5. The molecule has 1 amide bonds. The van der Waals surface area contributed by atoms with Gasteiger partial charge in [0.25, 0.3) is 5.91 Å². The molecule has 140 valence electrons. The van der Waals surface area contributed by atoms with Crippen LogP contribution < -0.4 is 0 Å². The fraction of sp³-hybridized carbons (Fsp3) is 0.526. The van der Waals surface area contributed by atoms with Crippen LogP contribution in [0.4, 0.5) is 0 Å². The van der Waals surface area contributed by atoms with Gasteiger partial charge < -0.3 is 9.42 Å². The first-order valence-corrected chi connectivity index (χ1v) is 9.31. The molecule has 1 aromatic carbocycles. The first-order valence-electron chi connectivity index (χ1n) is 8.94. The lowest BCUT2D eigenvalue weighted by atomic mass is 9.97. The minimum absolute atomic E-state index is 0.00738. The SMILES string of the molecule is CC(C)(C)c1nc(CN2CCCN(C(=O)c3ccccc3Cl)CC2)no1. The third kappa shape index (κ3) is 4.43. The maximum Gasteiger partial charge on any atom is 0.255 e. The molecule has 3 rings (SSSR count). The second-order valence-corrected chi connectivity index (χ2v) is 8.07. The number of carbonyl (C=O) groups excluding carboxylic acids is 1. The van der Waals surface area contributed by atoms with Gasteiger partial charge in [-0.3, -0.25) is 9.69 Å². The second-order valence-electron chi connectivity index (χ2n) is 7.67. The monoisotopic (exact) mass is 376 g/mol. The highest BCUT2D eigenvalue weighted by molar-refractivity contribution is 6.33. The minimum Gasteiger partial charge on any atom is -0.339 e. The molecule has 0 N–H and O–H groups in total. The predicted octanol–water partition coefficient (Wildman–Crippen LogP) is 3.37. The summed E-state index contributed by atoms with van der Waals surface area (Å²) in [7, 11) is 0. The Morgan fingerprint density at radius 2 is 1.96 bits per heavy atom. The molecule has 1 aliphatic heterocycles. The number of nitrogens with zero attached hydrogens (tertiary/aromatic N) is 4. The van der Waals surface area contributed by atoms with Crippen LogP contribution in [0.2, 0.25) is 5.02 Å². The van der Waals surface area contributed by atoms with Gasteiger partial charge in [-0.15, -0.1) is 0 Å². The van der Waals surface area contributed by atoms with E-state index in [9.17, 15) is 4.79 Å². The van der Waals surface area contributed by atoms with E-state index in [0.29, 0.717) is 35.4 Å². The van der Waals surface area contributed by atoms with E-state index in [-0.39, 0.29) is 11.3 Å². The van der Waals surface area contributed by atoms with Crippen molar-refractivity contribution in [2.24, 2.45) is 0 Å². The summed E-state index contributed by atoms with van der Waals surface area (Å²) < 4.78 is 5.37. The molecule has 7 heteroatoms. The van der Waals surface area contributed by atoms with Gasteiger partial charge in [0.15, 0.2) is 5.82 Å². The molecule has 0 spiro atoms. The molecule has 0 bridgehead atoms. The molecule has 0 atom stereocenters. The molecule has 26 heavy (non-hydrogen) atoms. The van der Waals surface area contributed by atoms with Gasteiger partial charge in [-0.25, -0.2) is 0 Å². The van der Waals surface area contributed by atoms with Crippen molar-refractivity contribution in [2.75, 3.05) is 26.2 Å². The Hall–Kier alpha value is -1.92. The summed E-state index contributed by atoms with van der Waals surface area (Å²) in [5.74, 6) is 1.34. The van der Waals surface area contributed by atoms with Crippen molar-refractivity contribution >= 4 is 17.5 Å². The third-order valence-corrected chi connectivity index (χ3v) is 4.78. The fourth-order valence-corrected chi connectivity index (χ4v) is 3.18. The van der Waals surface area contributed by atoms with E-state index in [4.69, 9.17) is 16.1 Å². The average Bonchev–Trinajstić information content (AvgIpc) is 2.94. The lowest BCUT2D eigenvalue weighted by Crippen LogP contribution is -2.35. The molecule has 2 aromatic rings. The molecule has 1 aliphatic rings. The lowest BCUT2D eigenvalue weighted by Gasteiger charge is -2.21. The van der Waals surface area contributed by atoms with E-state index >= 15 is 0 Å². The summed E-state index contributed by atoms with van der Waals surface area (Å²) >= 11 is 6.17. The van der Waals surface area contributed by atoms with Crippen LogP contribution in [0, 0.1) is 0 Å². The van der Waals surface area contributed by atoms with Crippen molar-refractivity contribution in [1.29, 1.82) is 0 Å². The standard InChI is InChI=1S/C19H25ClN4O2/c1-19(2,3)18-21-16(22-26-18)13-23-9-6-10-24(12-11-23)17(25)14-7-4-5-8-15(14)20/h4-5,7-8H,6,9-13H2,1-3H3. The van der Waals surface area contributed by atoms with Gasteiger partial charge in [0.2, 0.25) is 5.89 Å². The van der Waals surface area contributed by atoms with Crippen LogP contribution in [-0.2, 0) is 12.0 Å². The number of aromatic nitrogens is 2. The van der Waals surface area contributed by atoms with Gasteiger partial charge in [0.1, 0.15) is 0 Å². The van der Waals surface area contributed by atoms with E-state index in [2.05, 4.69) is 35.8 Å². The van der Waals surface area contributed by atoms with Gasteiger partial charge in [-0.05, 0) is 18.6 Å². The van der Waals surface area contributed by atoms with E-state index in [0.717, 1.165) is 26.1 Å². The van der Waals surface area contributed by atoms with Crippen LogP contribution in [0.3, 0.4) is 0 Å². The van der Waals surface area contributed by atoms with Crippen molar-refractivity contribution in [2.45, 2.75) is 39.2 Å². The molecule has 0 aliphatic carbocycles. The highest BCUT2D eigenvalue weighted by atomic mass is 35.5. The fourth-order valence-electron chi connectivity index (χ4n) is 2.96. The Kier molecular flexibility index (Phi) is 5.63. The molecule has 1 fully saturated rings. The topological polar surface area (TPSA) is 62.5 Å². The number of carbonyl (C=O) groups is 1. The van der Waals surface area contributed by atoms with Crippen LogP contribution in [0.25, 0.3) is 0 Å². The highest BCUT2D eigenvalue weighted by Gasteiger charge is 2.25. The molecular weight excluding hydrogens is 352 g/mol. The summed E-state index contributed by atoms with van der Waals surface area (Å²) in [4.78, 5) is 21.4. The smallest absolute Gasteiger partial charge is 0.255 e.